The van der Waals surface area contributed by atoms with Gasteiger partial charge in [-0.3, -0.25) is 0 Å². The Hall–Kier alpha value is -0.0600. The molecular formula is C13H9BrClI. The molecule has 0 N–H and O–H groups in total. The standard InChI is InChI=1S/C13H9BrClI/c14-11-5-1-9(2-6-11)13(15)10-3-7-12(16)8-4-10/h1-8,13H. The molecule has 0 bridgehead atoms. The maximum atomic E-state index is 6.42. The van der Waals surface area contributed by atoms with E-state index >= 15 is 0 Å². The van der Waals surface area contributed by atoms with Crippen LogP contribution in [-0.4, -0.2) is 0 Å². The number of benzene rings is 2. The highest BCUT2D eigenvalue weighted by molar-refractivity contribution is 14.1. The van der Waals surface area contributed by atoms with Crippen molar-refractivity contribution in [3.8, 4) is 0 Å². The average molecular weight is 407 g/mol. The molecule has 0 aliphatic heterocycles. The lowest BCUT2D eigenvalue weighted by molar-refractivity contribution is 1.14. The van der Waals surface area contributed by atoms with Gasteiger partial charge in [0.15, 0.2) is 0 Å². The number of alkyl halides is 1. The Bertz CT molecular complexity index is 419. The molecule has 0 aliphatic carbocycles. The lowest BCUT2D eigenvalue weighted by Crippen LogP contribution is -1.92. The summed E-state index contributed by atoms with van der Waals surface area (Å²) in [5, 5.41) is -0.0786. The minimum Gasteiger partial charge on any atom is -0.113 e. The van der Waals surface area contributed by atoms with E-state index in [9.17, 15) is 0 Å². The summed E-state index contributed by atoms with van der Waals surface area (Å²) in [5.74, 6) is 0. The van der Waals surface area contributed by atoms with E-state index in [0.29, 0.717) is 0 Å². The highest BCUT2D eigenvalue weighted by Crippen LogP contribution is 2.29. The van der Waals surface area contributed by atoms with Gasteiger partial charge in [0.25, 0.3) is 0 Å². The van der Waals surface area contributed by atoms with Gasteiger partial charge in [-0.15, -0.1) is 11.6 Å². The fourth-order valence-electron chi connectivity index (χ4n) is 1.46. The van der Waals surface area contributed by atoms with Gasteiger partial charge in [0.2, 0.25) is 0 Å². The van der Waals surface area contributed by atoms with Crippen molar-refractivity contribution in [2.24, 2.45) is 0 Å². The molecule has 0 saturated heterocycles. The van der Waals surface area contributed by atoms with Gasteiger partial charge in [-0.1, -0.05) is 40.2 Å². The van der Waals surface area contributed by atoms with E-state index in [1.54, 1.807) is 0 Å². The largest absolute Gasteiger partial charge is 0.113 e. The van der Waals surface area contributed by atoms with Gasteiger partial charge in [-0.05, 0) is 58.0 Å². The molecule has 0 nitrogen and oxygen atoms in total. The van der Waals surface area contributed by atoms with Crippen LogP contribution in [-0.2, 0) is 0 Å². The number of hydrogen-bond donors (Lipinski definition) is 0. The van der Waals surface area contributed by atoms with Crippen molar-refractivity contribution in [2.45, 2.75) is 5.38 Å². The second-order valence-electron chi connectivity index (χ2n) is 3.47. The number of rotatable bonds is 2. The van der Waals surface area contributed by atoms with E-state index in [4.69, 9.17) is 11.6 Å². The van der Waals surface area contributed by atoms with Crippen LogP contribution in [0, 0.1) is 3.57 Å². The van der Waals surface area contributed by atoms with E-state index < -0.39 is 0 Å². The highest BCUT2D eigenvalue weighted by Gasteiger charge is 2.09. The van der Waals surface area contributed by atoms with Gasteiger partial charge in [0.1, 0.15) is 0 Å². The Labute approximate surface area is 122 Å². The quantitative estimate of drug-likeness (QED) is 0.463. The Morgan fingerprint density at radius 3 is 1.81 bits per heavy atom. The zero-order valence-electron chi connectivity index (χ0n) is 8.33. The van der Waals surface area contributed by atoms with Gasteiger partial charge in [0, 0.05) is 8.04 Å². The van der Waals surface area contributed by atoms with Crippen LogP contribution in [0.5, 0.6) is 0 Å². The van der Waals surface area contributed by atoms with Crippen LogP contribution in [0.2, 0.25) is 0 Å². The van der Waals surface area contributed by atoms with E-state index in [1.165, 1.54) is 3.57 Å². The van der Waals surface area contributed by atoms with Crippen molar-refractivity contribution < 1.29 is 0 Å². The number of hydrogen-bond acceptors (Lipinski definition) is 0. The summed E-state index contributed by atoms with van der Waals surface area (Å²) >= 11 is 12.1. The summed E-state index contributed by atoms with van der Waals surface area (Å²) in [6.07, 6.45) is 0. The summed E-state index contributed by atoms with van der Waals surface area (Å²) in [6.45, 7) is 0. The third-order valence-electron chi connectivity index (χ3n) is 2.33. The molecule has 1 unspecified atom stereocenters. The van der Waals surface area contributed by atoms with Crippen molar-refractivity contribution in [2.75, 3.05) is 0 Å². The summed E-state index contributed by atoms with van der Waals surface area (Å²) in [5.41, 5.74) is 2.25. The van der Waals surface area contributed by atoms with Crippen molar-refractivity contribution in [1.82, 2.24) is 0 Å². The fourth-order valence-corrected chi connectivity index (χ4v) is 2.37. The molecule has 82 valence electrons. The Morgan fingerprint density at radius 2 is 1.31 bits per heavy atom. The van der Waals surface area contributed by atoms with E-state index in [0.717, 1.165) is 15.6 Å². The zero-order chi connectivity index (χ0) is 11.5. The molecule has 16 heavy (non-hydrogen) atoms. The van der Waals surface area contributed by atoms with Gasteiger partial charge in [-0.25, -0.2) is 0 Å². The third-order valence-corrected chi connectivity index (χ3v) is 4.08. The van der Waals surface area contributed by atoms with Crippen LogP contribution < -0.4 is 0 Å². The third kappa shape index (κ3) is 2.99. The predicted molar refractivity (Wildman–Crippen MR) is 81.0 cm³/mol. The molecule has 0 spiro atoms. The molecule has 3 heteroatoms. The molecule has 1 atom stereocenters. The molecular weight excluding hydrogens is 398 g/mol. The first kappa shape index (κ1) is 12.4. The summed E-state index contributed by atoms with van der Waals surface area (Å²) in [7, 11) is 0. The van der Waals surface area contributed by atoms with Crippen molar-refractivity contribution in [1.29, 1.82) is 0 Å². The molecule has 0 fully saturated rings. The summed E-state index contributed by atoms with van der Waals surface area (Å²) in [4.78, 5) is 0. The maximum Gasteiger partial charge on any atom is 0.0835 e. The molecule has 2 aromatic carbocycles. The fraction of sp³-hybridized carbons (Fsp3) is 0.0769. The minimum absolute atomic E-state index is 0.0786. The lowest BCUT2D eigenvalue weighted by Gasteiger charge is -2.10. The second-order valence-corrected chi connectivity index (χ2v) is 6.06. The van der Waals surface area contributed by atoms with E-state index in [1.807, 2.05) is 24.3 Å². The molecule has 0 heterocycles. The van der Waals surface area contributed by atoms with Gasteiger partial charge < -0.3 is 0 Å². The topological polar surface area (TPSA) is 0 Å². The molecule has 2 aromatic rings. The average Bonchev–Trinajstić information content (AvgIpc) is 2.30. The molecule has 2 rings (SSSR count). The predicted octanol–water partition coefficient (Wildman–Crippen LogP) is 5.38. The van der Waals surface area contributed by atoms with E-state index in [-0.39, 0.29) is 5.38 Å². The normalized spacial score (nSPS) is 12.4. The maximum absolute atomic E-state index is 6.42. The second kappa shape index (κ2) is 5.52. The monoisotopic (exact) mass is 406 g/mol. The van der Waals surface area contributed by atoms with Crippen LogP contribution in [0.25, 0.3) is 0 Å². The number of halogens is 3. The molecule has 0 saturated carbocycles. The van der Waals surface area contributed by atoms with Gasteiger partial charge >= 0.3 is 0 Å². The van der Waals surface area contributed by atoms with E-state index in [2.05, 4.69) is 62.8 Å². The highest BCUT2D eigenvalue weighted by atomic mass is 127. The van der Waals surface area contributed by atoms with Crippen LogP contribution in [0.15, 0.2) is 53.0 Å². The lowest BCUT2D eigenvalue weighted by atomic mass is 10.0. The van der Waals surface area contributed by atoms with Crippen molar-refractivity contribution in [3.63, 3.8) is 0 Å². The summed E-state index contributed by atoms with van der Waals surface area (Å²) < 4.78 is 2.30. The Morgan fingerprint density at radius 1 is 0.875 bits per heavy atom. The van der Waals surface area contributed by atoms with Crippen molar-refractivity contribution >= 4 is 50.1 Å². The van der Waals surface area contributed by atoms with Crippen LogP contribution in [0.3, 0.4) is 0 Å². The van der Waals surface area contributed by atoms with Crippen LogP contribution in [0.1, 0.15) is 16.5 Å². The zero-order valence-corrected chi connectivity index (χ0v) is 12.8. The first-order chi connectivity index (χ1) is 7.66. The van der Waals surface area contributed by atoms with Crippen LogP contribution >= 0.6 is 50.1 Å². The smallest absolute Gasteiger partial charge is 0.0835 e. The van der Waals surface area contributed by atoms with Gasteiger partial charge in [0.05, 0.1) is 5.38 Å². The summed E-state index contributed by atoms with van der Waals surface area (Å²) in [6, 6.07) is 16.4. The SMILES string of the molecule is ClC(c1ccc(Br)cc1)c1ccc(I)cc1. The minimum atomic E-state index is -0.0786. The Kier molecular flexibility index (Phi) is 4.27. The first-order valence-corrected chi connectivity index (χ1v) is 7.12. The molecule has 0 amide bonds. The van der Waals surface area contributed by atoms with Gasteiger partial charge in [-0.2, -0.15) is 0 Å². The molecule has 0 aliphatic rings. The first-order valence-electron chi connectivity index (χ1n) is 4.82. The van der Waals surface area contributed by atoms with Crippen LogP contribution in [0.4, 0.5) is 0 Å². The Balaban J connectivity index is 2.28. The van der Waals surface area contributed by atoms with Crippen molar-refractivity contribution in [3.05, 3.63) is 67.7 Å². The molecule has 0 radical (unpaired) electrons. The molecule has 0 aromatic heterocycles.